The molecule has 1 unspecified atom stereocenters. The monoisotopic (exact) mass is 267 g/mol. The van der Waals surface area contributed by atoms with E-state index in [9.17, 15) is 9.90 Å². The fourth-order valence-electron chi connectivity index (χ4n) is 1.56. The second kappa shape index (κ2) is 7.73. The summed E-state index contributed by atoms with van der Waals surface area (Å²) in [6.45, 7) is 1.05. The van der Waals surface area contributed by atoms with E-state index < -0.39 is 6.23 Å². The number of rotatable bonds is 7. The van der Waals surface area contributed by atoms with E-state index in [4.69, 9.17) is 16.2 Å². The van der Waals surface area contributed by atoms with Crippen LogP contribution in [0.15, 0.2) is 24.3 Å². The zero-order valence-electron chi connectivity index (χ0n) is 11.1. The minimum Gasteiger partial charge on any atom is -0.483 e. The molecule has 1 atom stereocenters. The number of hydrogen-bond acceptors (Lipinski definition) is 5. The summed E-state index contributed by atoms with van der Waals surface area (Å²) in [5.74, 6) is 0.271. The SMILES string of the molecule is CN(CCCN)C(=O)COc1ccccc1C(N)O. The fraction of sp³-hybridized carbons (Fsp3) is 0.462. The molecule has 0 radical (unpaired) electrons. The van der Waals surface area contributed by atoms with Crippen molar-refractivity contribution in [2.75, 3.05) is 26.7 Å². The number of ether oxygens (including phenoxy) is 1. The first-order valence-corrected chi connectivity index (χ1v) is 6.15. The van der Waals surface area contributed by atoms with Gasteiger partial charge in [0.15, 0.2) is 6.61 Å². The molecule has 0 aliphatic rings. The molecule has 0 aliphatic carbocycles. The highest BCUT2D eigenvalue weighted by atomic mass is 16.5. The predicted molar refractivity (Wildman–Crippen MR) is 72.4 cm³/mol. The molecule has 1 aromatic rings. The molecule has 1 rings (SSSR count). The molecule has 1 amide bonds. The zero-order valence-corrected chi connectivity index (χ0v) is 11.1. The molecule has 0 aromatic heterocycles. The summed E-state index contributed by atoms with van der Waals surface area (Å²) < 4.78 is 5.40. The number of likely N-dealkylation sites (N-methyl/N-ethyl adjacent to an activating group) is 1. The highest BCUT2D eigenvalue weighted by molar-refractivity contribution is 5.77. The van der Waals surface area contributed by atoms with Gasteiger partial charge in [-0.25, -0.2) is 0 Å². The number of aliphatic hydroxyl groups is 1. The van der Waals surface area contributed by atoms with Crippen molar-refractivity contribution in [1.82, 2.24) is 4.90 Å². The van der Waals surface area contributed by atoms with Gasteiger partial charge in [0.25, 0.3) is 5.91 Å². The number of nitrogens with zero attached hydrogens (tertiary/aromatic N) is 1. The van der Waals surface area contributed by atoms with Crippen molar-refractivity contribution in [2.45, 2.75) is 12.6 Å². The Labute approximate surface area is 112 Å². The lowest BCUT2D eigenvalue weighted by atomic mass is 10.2. The largest absolute Gasteiger partial charge is 0.483 e. The number of carbonyl (C=O) groups excluding carboxylic acids is 1. The van der Waals surface area contributed by atoms with E-state index in [2.05, 4.69) is 0 Å². The number of para-hydroxylation sites is 1. The van der Waals surface area contributed by atoms with Gasteiger partial charge in [0, 0.05) is 19.2 Å². The van der Waals surface area contributed by atoms with Crippen molar-refractivity contribution >= 4 is 5.91 Å². The summed E-state index contributed by atoms with van der Waals surface area (Å²) in [6.07, 6.45) is -0.373. The zero-order chi connectivity index (χ0) is 14.3. The fourth-order valence-corrected chi connectivity index (χ4v) is 1.56. The first-order chi connectivity index (χ1) is 9.06. The summed E-state index contributed by atoms with van der Waals surface area (Å²) in [6, 6.07) is 6.82. The molecule has 0 saturated carbocycles. The maximum absolute atomic E-state index is 11.8. The van der Waals surface area contributed by atoms with Gasteiger partial charge in [0.05, 0.1) is 0 Å². The lowest BCUT2D eigenvalue weighted by molar-refractivity contribution is -0.132. The number of benzene rings is 1. The molecular formula is C13H21N3O3. The molecule has 0 fully saturated rings. The molecule has 0 spiro atoms. The topological polar surface area (TPSA) is 102 Å². The Hall–Kier alpha value is -1.63. The lowest BCUT2D eigenvalue weighted by Gasteiger charge is -2.18. The molecule has 106 valence electrons. The third-order valence-electron chi connectivity index (χ3n) is 2.71. The van der Waals surface area contributed by atoms with Gasteiger partial charge in [-0.3, -0.25) is 4.79 Å². The predicted octanol–water partition coefficient (Wildman–Crippen LogP) is -0.178. The van der Waals surface area contributed by atoms with Crippen molar-refractivity contribution in [3.63, 3.8) is 0 Å². The minimum absolute atomic E-state index is 0.0925. The van der Waals surface area contributed by atoms with Crippen LogP contribution in [0.1, 0.15) is 18.2 Å². The highest BCUT2D eigenvalue weighted by Gasteiger charge is 2.12. The lowest BCUT2D eigenvalue weighted by Crippen LogP contribution is -2.33. The maximum Gasteiger partial charge on any atom is 0.260 e. The molecule has 6 heteroatoms. The molecule has 19 heavy (non-hydrogen) atoms. The van der Waals surface area contributed by atoms with E-state index in [1.54, 1.807) is 36.2 Å². The first kappa shape index (κ1) is 15.4. The third kappa shape index (κ3) is 4.86. The maximum atomic E-state index is 11.8. The number of aliphatic hydroxyl groups excluding tert-OH is 1. The molecule has 0 heterocycles. The van der Waals surface area contributed by atoms with Crippen molar-refractivity contribution in [2.24, 2.45) is 11.5 Å². The molecule has 6 nitrogen and oxygen atoms in total. The van der Waals surface area contributed by atoms with Gasteiger partial charge in [0.2, 0.25) is 0 Å². The van der Waals surface area contributed by atoms with Crippen molar-refractivity contribution in [3.8, 4) is 5.75 Å². The first-order valence-electron chi connectivity index (χ1n) is 6.15. The van der Waals surface area contributed by atoms with Crippen LogP contribution in [0.2, 0.25) is 0 Å². The minimum atomic E-state index is -1.12. The van der Waals surface area contributed by atoms with Gasteiger partial charge in [-0.05, 0) is 19.0 Å². The van der Waals surface area contributed by atoms with Crippen LogP contribution in [0, 0.1) is 0 Å². The molecule has 0 aliphatic heterocycles. The van der Waals surface area contributed by atoms with E-state index in [-0.39, 0.29) is 12.5 Å². The molecular weight excluding hydrogens is 246 g/mol. The van der Waals surface area contributed by atoms with Gasteiger partial charge in [-0.1, -0.05) is 18.2 Å². The van der Waals surface area contributed by atoms with Crippen LogP contribution < -0.4 is 16.2 Å². The Morgan fingerprint density at radius 1 is 1.47 bits per heavy atom. The Morgan fingerprint density at radius 2 is 2.16 bits per heavy atom. The van der Waals surface area contributed by atoms with Gasteiger partial charge >= 0.3 is 0 Å². The third-order valence-corrected chi connectivity index (χ3v) is 2.71. The second-order valence-corrected chi connectivity index (χ2v) is 4.23. The summed E-state index contributed by atoms with van der Waals surface area (Å²) in [5, 5.41) is 9.38. The van der Waals surface area contributed by atoms with Crippen molar-refractivity contribution in [1.29, 1.82) is 0 Å². The summed E-state index contributed by atoms with van der Waals surface area (Å²) in [4.78, 5) is 13.3. The summed E-state index contributed by atoms with van der Waals surface area (Å²) >= 11 is 0. The Balaban J connectivity index is 2.55. The van der Waals surface area contributed by atoms with Gasteiger partial charge in [-0.2, -0.15) is 0 Å². The Morgan fingerprint density at radius 3 is 2.79 bits per heavy atom. The molecule has 5 N–H and O–H groups in total. The standard InChI is InChI=1S/C13H21N3O3/c1-16(8-4-7-14)12(17)9-19-11-6-3-2-5-10(11)13(15)18/h2-3,5-6,13,18H,4,7-9,14-15H2,1H3. The molecule has 0 saturated heterocycles. The number of nitrogens with two attached hydrogens (primary N) is 2. The van der Waals surface area contributed by atoms with Crippen LogP contribution in [0.5, 0.6) is 5.75 Å². The molecule has 1 aromatic carbocycles. The highest BCUT2D eigenvalue weighted by Crippen LogP contribution is 2.21. The average Bonchev–Trinajstić information content (AvgIpc) is 2.42. The van der Waals surface area contributed by atoms with E-state index in [1.165, 1.54) is 0 Å². The van der Waals surface area contributed by atoms with E-state index in [1.807, 2.05) is 0 Å². The number of amides is 1. The van der Waals surface area contributed by atoms with E-state index >= 15 is 0 Å². The average molecular weight is 267 g/mol. The smallest absolute Gasteiger partial charge is 0.260 e. The van der Waals surface area contributed by atoms with Crippen LogP contribution in [0.25, 0.3) is 0 Å². The van der Waals surface area contributed by atoms with Crippen LogP contribution in [-0.4, -0.2) is 42.7 Å². The molecule has 0 bridgehead atoms. The Kier molecular flexibility index (Phi) is 6.27. The van der Waals surface area contributed by atoms with Crippen LogP contribution in [0.4, 0.5) is 0 Å². The van der Waals surface area contributed by atoms with Crippen molar-refractivity contribution in [3.05, 3.63) is 29.8 Å². The quantitative estimate of drug-likeness (QED) is 0.595. The number of carbonyl (C=O) groups is 1. The van der Waals surface area contributed by atoms with Crippen LogP contribution in [0.3, 0.4) is 0 Å². The van der Waals surface area contributed by atoms with Crippen LogP contribution >= 0.6 is 0 Å². The normalized spacial score (nSPS) is 12.0. The Bertz CT molecular complexity index is 410. The summed E-state index contributed by atoms with van der Waals surface area (Å²) in [5.41, 5.74) is 11.3. The van der Waals surface area contributed by atoms with E-state index in [0.717, 1.165) is 6.42 Å². The van der Waals surface area contributed by atoms with Gasteiger partial charge < -0.3 is 26.2 Å². The van der Waals surface area contributed by atoms with Crippen molar-refractivity contribution < 1.29 is 14.6 Å². The van der Waals surface area contributed by atoms with E-state index in [0.29, 0.717) is 24.4 Å². The van der Waals surface area contributed by atoms with Gasteiger partial charge in [-0.15, -0.1) is 0 Å². The van der Waals surface area contributed by atoms with Crippen LogP contribution in [-0.2, 0) is 4.79 Å². The second-order valence-electron chi connectivity index (χ2n) is 4.23. The number of hydrogen-bond donors (Lipinski definition) is 3. The van der Waals surface area contributed by atoms with Gasteiger partial charge in [0.1, 0.15) is 12.0 Å². The summed E-state index contributed by atoms with van der Waals surface area (Å²) in [7, 11) is 1.70.